The molecule has 2 N–H and O–H groups in total. The average molecular weight is 566 g/mol. The van der Waals surface area contributed by atoms with E-state index in [4.69, 9.17) is 11.6 Å². The largest absolute Gasteiger partial charge is 0.504 e. The predicted molar refractivity (Wildman–Crippen MR) is 143 cm³/mol. The molecule has 0 spiro atoms. The van der Waals surface area contributed by atoms with E-state index >= 15 is 0 Å². The quantitative estimate of drug-likeness (QED) is 0.432. The van der Waals surface area contributed by atoms with E-state index in [0.29, 0.717) is 34.0 Å². The zero-order valence-corrected chi connectivity index (χ0v) is 22.7. The van der Waals surface area contributed by atoms with Crippen LogP contribution >= 0.6 is 36.4 Å². The molecule has 4 rings (SSSR count). The number of nitrogens with zero attached hydrogens (tertiary/aromatic N) is 3. The Kier molecular flexibility index (Phi) is 9.58. The molecule has 1 aliphatic carbocycles. The summed E-state index contributed by atoms with van der Waals surface area (Å²) < 4.78 is 39.2. The number of sulfone groups is 1. The molecule has 0 radical (unpaired) electrons. The number of aromatic nitrogens is 2. The lowest BCUT2D eigenvalue weighted by Gasteiger charge is -2.33. The third-order valence-corrected chi connectivity index (χ3v) is 7.56. The third-order valence-electron chi connectivity index (χ3n) is 6.17. The Hall–Kier alpha value is -1.91. The van der Waals surface area contributed by atoms with Gasteiger partial charge in [0.25, 0.3) is 0 Å². The van der Waals surface area contributed by atoms with E-state index in [2.05, 4.69) is 34.3 Å². The fourth-order valence-corrected chi connectivity index (χ4v) is 5.26. The van der Waals surface area contributed by atoms with Gasteiger partial charge in [-0.15, -0.1) is 24.8 Å². The van der Waals surface area contributed by atoms with Gasteiger partial charge in [-0.2, -0.15) is 0 Å². The lowest BCUT2D eigenvalue weighted by atomic mass is 9.90. The van der Waals surface area contributed by atoms with Crippen LogP contribution in [-0.2, 0) is 9.84 Å². The number of nitrogens with one attached hydrogen (secondary N) is 1. The van der Waals surface area contributed by atoms with Crippen molar-refractivity contribution in [3.8, 4) is 17.0 Å². The summed E-state index contributed by atoms with van der Waals surface area (Å²) in [6, 6.07) is 6.51. The number of pyridine rings is 2. The number of aromatic hydroxyl groups is 1. The Morgan fingerprint density at radius 3 is 2.37 bits per heavy atom. The molecule has 35 heavy (non-hydrogen) atoms. The molecular weight excluding hydrogens is 538 g/mol. The van der Waals surface area contributed by atoms with Gasteiger partial charge in [-0.05, 0) is 64.0 Å². The molecule has 0 atom stereocenters. The first-order valence-corrected chi connectivity index (χ1v) is 12.9. The number of hydrogen-bond acceptors (Lipinski definition) is 7. The summed E-state index contributed by atoms with van der Waals surface area (Å²) >= 11 is 5.94. The molecule has 192 valence electrons. The summed E-state index contributed by atoms with van der Waals surface area (Å²) in [5.74, 6) is -1.49. The number of phenols is 1. The SMILES string of the molecule is CN(C)C1CCC(Nc2c(S(C)(=O)=O)cnc3ccc(-c4cc(F)c(O)c(Cl)c4)nc23)CC1.Cl.Cl. The Balaban J connectivity index is 0.00000216. The number of phenolic OH excluding ortho intramolecular Hbond substituents is 1. The molecule has 1 aromatic carbocycles. The van der Waals surface area contributed by atoms with Crippen molar-refractivity contribution in [2.45, 2.75) is 42.7 Å². The van der Waals surface area contributed by atoms with E-state index in [0.717, 1.165) is 38.0 Å². The smallest absolute Gasteiger partial charge is 0.179 e. The van der Waals surface area contributed by atoms with Crippen LogP contribution < -0.4 is 5.32 Å². The van der Waals surface area contributed by atoms with Crippen LogP contribution in [-0.4, -0.2) is 60.8 Å². The maximum Gasteiger partial charge on any atom is 0.179 e. The molecule has 7 nitrogen and oxygen atoms in total. The highest BCUT2D eigenvalue weighted by Gasteiger charge is 2.26. The first-order valence-electron chi connectivity index (χ1n) is 10.7. The number of hydrogen-bond donors (Lipinski definition) is 2. The van der Waals surface area contributed by atoms with Crippen molar-refractivity contribution in [1.29, 1.82) is 0 Å². The van der Waals surface area contributed by atoms with Crippen LogP contribution in [0, 0.1) is 5.82 Å². The molecule has 1 saturated carbocycles. The van der Waals surface area contributed by atoms with Gasteiger partial charge in [0.2, 0.25) is 0 Å². The molecule has 0 unspecified atom stereocenters. The van der Waals surface area contributed by atoms with Gasteiger partial charge in [0, 0.05) is 30.1 Å². The molecule has 0 aliphatic heterocycles. The highest BCUT2D eigenvalue weighted by atomic mass is 35.5. The van der Waals surface area contributed by atoms with Crippen molar-refractivity contribution >= 4 is 63.0 Å². The van der Waals surface area contributed by atoms with Gasteiger partial charge >= 0.3 is 0 Å². The number of benzene rings is 1. The van der Waals surface area contributed by atoms with Gasteiger partial charge in [-0.3, -0.25) is 4.98 Å². The molecule has 12 heteroatoms. The van der Waals surface area contributed by atoms with Crippen molar-refractivity contribution in [3.05, 3.63) is 41.3 Å². The van der Waals surface area contributed by atoms with Crippen molar-refractivity contribution in [2.24, 2.45) is 0 Å². The van der Waals surface area contributed by atoms with Crippen LogP contribution in [0.15, 0.2) is 35.4 Å². The van der Waals surface area contributed by atoms with Crippen LogP contribution in [0.5, 0.6) is 5.75 Å². The summed E-state index contributed by atoms with van der Waals surface area (Å²) in [5, 5.41) is 12.9. The van der Waals surface area contributed by atoms with E-state index < -0.39 is 21.4 Å². The lowest BCUT2D eigenvalue weighted by molar-refractivity contribution is 0.221. The minimum Gasteiger partial charge on any atom is -0.504 e. The monoisotopic (exact) mass is 564 g/mol. The Labute approximate surface area is 221 Å². The normalized spacial score (nSPS) is 18.1. The molecule has 0 saturated heterocycles. The second-order valence-corrected chi connectivity index (χ2v) is 11.1. The van der Waals surface area contributed by atoms with Crippen LogP contribution in [0.3, 0.4) is 0 Å². The summed E-state index contributed by atoms with van der Waals surface area (Å²) in [4.78, 5) is 11.2. The number of fused-ring (bicyclic) bond motifs is 1. The molecule has 0 bridgehead atoms. The minimum atomic E-state index is -3.58. The number of halogens is 4. The fraction of sp³-hybridized carbons (Fsp3) is 0.391. The highest BCUT2D eigenvalue weighted by Crippen LogP contribution is 2.35. The molecule has 0 amide bonds. The van der Waals surface area contributed by atoms with E-state index in [-0.39, 0.29) is 40.8 Å². The molecular formula is C23H28Cl3FN4O3S. The average Bonchev–Trinajstić information content (AvgIpc) is 2.76. The summed E-state index contributed by atoms with van der Waals surface area (Å²) in [6.45, 7) is 0. The topological polar surface area (TPSA) is 95.4 Å². The molecule has 2 heterocycles. The first kappa shape index (κ1) is 29.3. The van der Waals surface area contributed by atoms with Gasteiger partial charge in [-0.25, -0.2) is 17.8 Å². The number of rotatable bonds is 5. The lowest BCUT2D eigenvalue weighted by Crippen LogP contribution is -2.36. The van der Waals surface area contributed by atoms with Gasteiger partial charge < -0.3 is 15.3 Å². The second-order valence-electron chi connectivity index (χ2n) is 8.74. The number of anilines is 1. The molecule has 3 aromatic rings. The Bertz CT molecular complexity index is 1290. The van der Waals surface area contributed by atoms with Gasteiger partial charge in [0.1, 0.15) is 10.4 Å². The van der Waals surface area contributed by atoms with Crippen LogP contribution in [0.1, 0.15) is 25.7 Å². The van der Waals surface area contributed by atoms with Crippen LogP contribution in [0.4, 0.5) is 10.1 Å². The van der Waals surface area contributed by atoms with E-state index in [1.165, 1.54) is 12.3 Å². The Morgan fingerprint density at radius 1 is 1.14 bits per heavy atom. The summed E-state index contributed by atoms with van der Waals surface area (Å²) in [5.41, 5.74) is 2.05. The minimum absolute atomic E-state index is 0. The maximum absolute atomic E-state index is 14.1. The van der Waals surface area contributed by atoms with Crippen molar-refractivity contribution < 1.29 is 17.9 Å². The standard InChI is InChI=1S/C23H26ClFN4O3S.2ClH/c1-29(2)15-6-4-14(5-7-15)27-22-20(33(3,31)32)12-26-19-9-8-18(28-21(19)22)13-10-16(24)23(30)17(25)11-13;;/h8-12,14-15,30H,4-7H2,1-3H3,(H,26,27);2*1H. The molecule has 2 aromatic heterocycles. The van der Waals surface area contributed by atoms with Crippen LogP contribution in [0.2, 0.25) is 5.02 Å². The van der Waals surface area contributed by atoms with Crippen LogP contribution in [0.25, 0.3) is 22.3 Å². The molecule has 1 aliphatic rings. The van der Waals surface area contributed by atoms with E-state index in [1.54, 1.807) is 12.1 Å². The third kappa shape index (κ3) is 6.27. The fourth-order valence-electron chi connectivity index (χ4n) is 4.28. The summed E-state index contributed by atoms with van der Waals surface area (Å²) in [7, 11) is 0.556. The highest BCUT2D eigenvalue weighted by molar-refractivity contribution is 7.90. The van der Waals surface area contributed by atoms with E-state index in [9.17, 15) is 17.9 Å². The van der Waals surface area contributed by atoms with Crippen molar-refractivity contribution in [3.63, 3.8) is 0 Å². The maximum atomic E-state index is 14.1. The van der Waals surface area contributed by atoms with Crippen molar-refractivity contribution in [1.82, 2.24) is 14.9 Å². The molecule has 1 fully saturated rings. The van der Waals surface area contributed by atoms with Crippen molar-refractivity contribution in [2.75, 3.05) is 25.7 Å². The predicted octanol–water partition coefficient (Wildman–Crippen LogP) is 5.33. The van der Waals surface area contributed by atoms with Gasteiger partial charge in [0.05, 0.1) is 21.9 Å². The first-order chi connectivity index (χ1) is 15.5. The summed E-state index contributed by atoms with van der Waals surface area (Å²) in [6.07, 6.45) is 6.30. The van der Waals surface area contributed by atoms with Gasteiger partial charge in [-0.1, -0.05) is 11.6 Å². The van der Waals surface area contributed by atoms with Gasteiger partial charge in [0.15, 0.2) is 21.4 Å². The second kappa shape index (κ2) is 11.4. The Morgan fingerprint density at radius 2 is 1.80 bits per heavy atom. The zero-order chi connectivity index (χ0) is 23.9. The van der Waals surface area contributed by atoms with E-state index in [1.807, 2.05) is 0 Å². The zero-order valence-electron chi connectivity index (χ0n) is 19.5.